The zero-order valence-corrected chi connectivity index (χ0v) is 24.4. The lowest BCUT2D eigenvalue weighted by molar-refractivity contribution is 0.611. The Kier molecular flexibility index (Phi) is 8.78. The summed E-state index contributed by atoms with van der Waals surface area (Å²) in [6.07, 6.45) is 4.19. The molecule has 0 radical (unpaired) electrons. The zero-order valence-electron chi connectivity index (χ0n) is 22.9. The van der Waals surface area contributed by atoms with E-state index in [1.807, 2.05) is 94.3 Å². The number of nitrogens with one attached hydrogen (secondary N) is 2. The summed E-state index contributed by atoms with van der Waals surface area (Å²) in [5.41, 5.74) is 8.24. The molecular weight excluding hydrogens is 563 g/mol. The van der Waals surface area contributed by atoms with Gasteiger partial charge in [0.2, 0.25) is 0 Å². The number of nitrogens with zero attached hydrogens (tertiary/aromatic N) is 4. The predicted octanol–water partition coefficient (Wildman–Crippen LogP) is 7.58. The van der Waals surface area contributed by atoms with Crippen LogP contribution in [-0.2, 0) is 13.1 Å². The van der Waals surface area contributed by atoms with Gasteiger partial charge in [0.25, 0.3) is 0 Å². The molecule has 42 heavy (non-hydrogen) atoms. The molecule has 0 atom stereocenters. The standard InChI is InChI=1S/C34H30Cl2N6/c35-29-15-11-25(12-16-29)33-27(23-41(39-33)31-7-3-1-4-8-31)21-37-19-20-38-22-28-24-42(32-9-5-2-6-10-32)40-34(28)26-13-17-30(36)18-14-26/h1-18,23-24,37-38H,19-22H2. The summed E-state index contributed by atoms with van der Waals surface area (Å²) < 4.78 is 3.86. The largest absolute Gasteiger partial charge is 0.311 e. The third kappa shape index (κ3) is 6.64. The van der Waals surface area contributed by atoms with Crippen LogP contribution >= 0.6 is 23.2 Å². The smallest absolute Gasteiger partial charge is 0.0972 e. The first-order valence-corrected chi connectivity index (χ1v) is 14.6. The molecule has 0 bridgehead atoms. The minimum absolute atomic E-state index is 0.689. The Labute approximate surface area is 255 Å². The molecule has 2 aromatic heterocycles. The van der Waals surface area contributed by atoms with Crippen LogP contribution in [0.15, 0.2) is 122 Å². The molecule has 0 saturated heterocycles. The highest BCUT2D eigenvalue weighted by molar-refractivity contribution is 6.30. The summed E-state index contributed by atoms with van der Waals surface area (Å²) in [5.74, 6) is 0. The van der Waals surface area contributed by atoms with Crippen LogP contribution in [0.3, 0.4) is 0 Å². The van der Waals surface area contributed by atoms with E-state index in [9.17, 15) is 0 Å². The van der Waals surface area contributed by atoms with Crippen molar-refractivity contribution in [1.29, 1.82) is 0 Å². The summed E-state index contributed by atoms with van der Waals surface area (Å²) in [6, 6.07) is 36.0. The maximum atomic E-state index is 6.14. The van der Waals surface area contributed by atoms with Gasteiger partial charge < -0.3 is 10.6 Å². The van der Waals surface area contributed by atoms with Crippen molar-refractivity contribution in [2.45, 2.75) is 13.1 Å². The van der Waals surface area contributed by atoms with Gasteiger partial charge in [-0.15, -0.1) is 0 Å². The van der Waals surface area contributed by atoms with Crippen LogP contribution in [0.4, 0.5) is 0 Å². The highest BCUT2D eigenvalue weighted by Crippen LogP contribution is 2.26. The molecule has 8 heteroatoms. The van der Waals surface area contributed by atoms with E-state index in [0.29, 0.717) is 23.1 Å². The molecule has 2 heterocycles. The molecular formula is C34H30Cl2N6. The Hall–Kier alpha value is -4.20. The Morgan fingerprint density at radius 2 is 0.881 bits per heavy atom. The third-order valence-corrected chi connectivity index (χ3v) is 7.47. The minimum atomic E-state index is 0.689. The molecule has 0 aliphatic rings. The van der Waals surface area contributed by atoms with Gasteiger partial charge in [0.1, 0.15) is 0 Å². The van der Waals surface area contributed by atoms with E-state index in [1.165, 1.54) is 0 Å². The van der Waals surface area contributed by atoms with E-state index in [0.717, 1.165) is 58.1 Å². The second-order valence-corrected chi connectivity index (χ2v) is 10.8. The molecule has 6 rings (SSSR count). The van der Waals surface area contributed by atoms with E-state index in [1.54, 1.807) is 0 Å². The molecule has 0 saturated carbocycles. The summed E-state index contributed by atoms with van der Waals surface area (Å²) in [4.78, 5) is 0. The quantitative estimate of drug-likeness (QED) is 0.152. The zero-order chi connectivity index (χ0) is 28.7. The van der Waals surface area contributed by atoms with Crippen molar-refractivity contribution in [3.63, 3.8) is 0 Å². The minimum Gasteiger partial charge on any atom is -0.311 e. The molecule has 4 aromatic carbocycles. The van der Waals surface area contributed by atoms with E-state index in [2.05, 4.69) is 47.3 Å². The van der Waals surface area contributed by atoms with E-state index >= 15 is 0 Å². The Bertz CT molecular complexity index is 1600. The van der Waals surface area contributed by atoms with Gasteiger partial charge in [-0.3, -0.25) is 0 Å². The molecule has 0 spiro atoms. The maximum Gasteiger partial charge on any atom is 0.0972 e. The molecule has 0 aliphatic carbocycles. The van der Waals surface area contributed by atoms with Crippen molar-refractivity contribution in [2.24, 2.45) is 0 Å². The number of aromatic nitrogens is 4. The van der Waals surface area contributed by atoms with E-state index in [4.69, 9.17) is 33.4 Å². The van der Waals surface area contributed by atoms with Gasteiger partial charge in [-0.05, 0) is 48.5 Å². The van der Waals surface area contributed by atoms with Crippen LogP contribution in [-0.4, -0.2) is 32.7 Å². The van der Waals surface area contributed by atoms with Gasteiger partial charge >= 0.3 is 0 Å². The van der Waals surface area contributed by atoms with Gasteiger partial charge in [-0.1, -0.05) is 83.9 Å². The fraction of sp³-hybridized carbons (Fsp3) is 0.118. The molecule has 210 valence electrons. The number of halogens is 2. The number of hydrogen-bond donors (Lipinski definition) is 2. The first-order chi connectivity index (χ1) is 20.6. The summed E-state index contributed by atoms with van der Waals surface area (Å²) in [6.45, 7) is 2.96. The monoisotopic (exact) mass is 592 g/mol. The molecule has 0 amide bonds. The fourth-order valence-electron chi connectivity index (χ4n) is 4.83. The summed E-state index contributed by atoms with van der Waals surface area (Å²) in [7, 11) is 0. The van der Waals surface area contributed by atoms with Gasteiger partial charge in [0, 0.05) is 70.9 Å². The Balaban J connectivity index is 1.11. The summed E-state index contributed by atoms with van der Waals surface area (Å²) in [5, 5.41) is 18.4. The lowest BCUT2D eigenvalue weighted by atomic mass is 10.1. The van der Waals surface area contributed by atoms with Crippen LogP contribution in [0.1, 0.15) is 11.1 Å². The first-order valence-electron chi connectivity index (χ1n) is 13.9. The number of para-hydroxylation sites is 2. The third-order valence-electron chi connectivity index (χ3n) is 6.97. The van der Waals surface area contributed by atoms with Gasteiger partial charge in [-0.25, -0.2) is 9.36 Å². The maximum absolute atomic E-state index is 6.14. The topological polar surface area (TPSA) is 59.7 Å². The van der Waals surface area contributed by atoms with E-state index in [-0.39, 0.29) is 0 Å². The molecule has 2 N–H and O–H groups in total. The highest BCUT2D eigenvalue weighted by atomic mass is 35.5. The summed E-state index contributed by atoms with van der Waals surface area (Å²) >= 11 is 12.3. The molecule has 0 fully saturated rings. The van der Waals surface area contributed by atoms with Gasteiger partial charge in [0.05, 0.1) is 22.8 Å². The van der Waals surface area contributed by atoms with Crippen molar-refractivity contribution < 1.29 is 0 Å². The molecule has 6 nitrogen and oxygen atoms in total. The number of benzene rings is 4. The lowest BCUT2D eigenvalue weighted by Crippen LogP contribution is -2.26. The molecule has 0 aliphatic heterocycles. The lowest BCUT2D eigenvalue weighted by Gasteiger charge is -2.08. The van der Waals surface area contributed by atoms with Crippen LogP contribution in [0.25, 0.3) is 33.9 Å². The fourth-order valence-corrected chi connectivity index (χ4v) is 5.08. The van der Waals surface area contributed by atoms with Crippen molar-refractivity contribution >= 4 is 23.2 Å². The SMILES string of the molecule is Clc1ccc(-c2nn(-c3ccccc3)cc2CNCCNCc2cn(-c3ccccc3)nc2-c2ccc(Cl)cc2)cc1. The van der Waals surface area contributed by atoms with Crippen LogP contribution in [0.5, 0.6) is 0 Å². The average Bonchev–Trinajstić information content (AvgIpc) is 3.66. The van der Waals surface area contributed by atoms with E-state index < -0.39 is 0 Å². The molecule has 6 aromatic rings. The van der Waals surface area contributed by atoms with Crippen molar-refractivity contribution in [3.05, 3.63) is 143 Å². The molecule has 0 unspecified atom stereocenters. The average molecular weight is 594 g/mol. The van der Waals surface area contributed by atoms with Crippen molar-refractivity contribution in [3.8, 4) is 33.9 Å². The first kappa shape index (κ1) is 27.9. The number of rotatable bonds is 11. The van der Waals surface area contributed by atoms with Gasteiger partial charge in [0.15, 0.2) is 0 Å². The van der Waals surface area contributed by atoms with Crippen molar-refractivity contribution in [1.82, 2.24) is 30.2 Å². The highest BCUT2D eigenvalue weighted by Gasteiger charge is 2.14. The van der Waals surface area contributed by atoms with Gasteiger partial charge in [-0.2, -0.15) is 10.2 Å². The van der Waals surface area contributed by atoms with Crippen LogP contribution < -0.4 is 10.6 Å². The van der Waals surface area contributed by atoms with Crippen LogP contribution in [0.2, 0.25) is 10.0 Å². The predicted molar refractivity (Wildman–Crippen MR) is 171 cm³/mol. The second-order valence-electron chi connectivity index (χ2n) is 9.93. The van der Waals surface area contributed by atoms with Crippen molar-refractivity contribution in [2.75, 3.05) is 13.1 Å². The number of hydrogen-bond acceptors (Lipinski definition) is 4. The Morgan fingerprint density at radius 1 is 0.500 bits per heavy atom. The van der Waals surface area contributed by atoms with Crippen LogP contribution in [0, 0.1) is 0 Å². The Morgan fingerprint density at radius 3 is 1.26 bits per heavy atom. The second kappa shape index (κ2) is 13.2. The normalized spacial score (nSPS) is 11.2.